The van der Waals surface area contributed by atoms with Crippen LogP contribution < -0.4 is 0 Å². The van der Waals surface area contributed by atoms with Crippen LogP contribution in [0.25, 0.3) is 100 Å². The maximum atomic E-state index is 4.96. The third kappa shape index (κ3) is 5.51. The number of nitrogens with zero attached hydrogens (tertiary/aromatic N) is 5. The van der Waals surface area contributed by atoms with Crippen LogP contribution in [0, 0.1) is 6.92 Å². The predicted octanol–water partition coefficient (Wildman–Crippen LogP) is 13.0. The first-order valence-electron chi connectivity index (χ1n) is 19.3. The molecule has 0 aliphatic heterocycles. The van der Waals surface area contributed by atoms with Gasteiger partial charge in [-0.25, -0.2) is 15.0 Å². The molecule has 8 aromatic carbocycles. The lowest BCUT2D eigenvalue weighted by Gasteiger charge is -2.11. The molecule has 0 amide bonds. The first-order valence-corrected chi connectivity index (χ1v) is 19.3. The van der Waals surface area contributed by atoms with E-state index in [0.29, 0.717) is 17.5 Å². The molecule has 3 heterocycles. The Kier molecular flexibility index (Phi) is 7.64. The Morgan fingerprint density at radius 2 is 0.719 bits per heavy atom. The summed E-state index contributed by atoms with van der Waals surface area (Å²) < 4.78 is 4.76. The van der Waals surface area contributed by atoms with Gasteiger partial charge in [0.1, 0.15) is 0 Å². The normalized spacial score (nSPS) is 11.6. The minimum atomic E-state index is 0.639. The maximum absolute atomic E-state index is 4.96. The third-order valence-corrected chi connectivity index (χ3v) is 11.1. The van der Waals surface area contributed by atoms with Gasteiger partial charge in [0.2, 0.25) is 0 Å². The highest BCUT2D eigenvalue weighted by atomic mass is 15.0. The summed E-state index contributed by atoms with van der Waals surface area (Å²) in [6, 6.07) is 68.6. The van der Waals surface area contributed by atoms with E-state index in [1.54, 1.807) is 0 Å². The van der Waals surface area contributed by atoms with Gasteiger partial charge in [0.05, 0.1) is 22.1 Å². The van der Waals surface area contributed by atoms with Gasteiger partial charge in [0.15, 0.2) is 17.5 Å². The van der Waals surface area contributed by atoms with Gasteiger partial charge in [-0.15, -0.1) is 0 Å². The lowest BCUT2D eigenvalue weighted by molar-refractivity contribution is 1.07. The highest BCUT2D eigenvalue weighted by Crippen LogP contribution is 2.39. The van der Waals surface area contributed by atoms with Crippen molar-refractivity contribution in [1.29, 1.82) is 0 Å². The summed E-state index contributed by atoms with van der Waals surface area (Å²) >= 11 is 0. The van der Waals surface area contributed by atoms with Crippen LogP contribution in [0.3, 0.4) is 0 Å². The Balaban J connectivity index is 1.01. The van der Waals surface area contributed by atoms with E-state index in [4.69, 9.17) is 15.0 Å². The first-order chi connectivity index (χ1) is 28.2. The summed E-state index contributed by atoms with van der Waals surface area (Å²) in [6.45, 7) is 2.18. The van der Waals surface area contributed by atoms with Crippen molar-refractivity contribution in [3.63, 3.8) is 0 Å². The van der Waals surface area contributed by atoms with Crippen LogP contribution in [-0.4, -0.2) is 24.1 Å². The minimum Gasteiger partial charge on any atom is -0.309 e. The molecular weight excluding hydrogens is 695 g/mol. The molecule has 11 aromatic rings. The topological polar surface area (TPSA) is 48.5 Å². The van der Waals surface area contributed by atoms with E-state index < -0.39 is 0 Å². The third-order valence-electron chi connectivity index (χ3n) is 11.1. The van der Waals surface area contributed by atoms with Crippen molar-refractivity contribution in [3.8, 4) is 56.7 Å². The summed E-state index contributed by atoms with van der Waals surface area (Å²) in [5.41, 5.74) is 13.5. The molecule has 0 aliphatic rings. The van der Waals surface area contributed by atoms with Crippen molar-refractivity contribution in [2.45, 2.75) is 6.92 Å². The molecule has 0 radical (unpaired) electrons. The van der Waals surface area contributed by atoms with E-state index in [9.17, 15) is 0 Å². The van der Waals surface area contributed by atoms with Crippen LogP contribution in [0.2, 0.25) is 0 Å². The number of aromatic nitrogens is 5. The predicted molar refractivity (Wildman–Crippen MR) is 235 cm³/mol. The average molecular weight is 730 g/mol. The highest BCUT2D eigenvalue weighted by Gasteiger charge is 2.18. The van der Waals surface area contributed by atoms with E-state index in [1.165, 1.54) is 55.0 Å². The van der Waals surface area contributed by atoms with Crippen molar-refractivity contribution in [2.24, 2.45) is 0 Å². The smallest absolute Gasteiger partial charge is 0.164 e. The first kappa shape index (κ1) is 32.8. The van der Waals surface area contributed by atoms with Gasteiger partial charge in [-0.1, -0.05) is 127 Å². The van der Waals surface area contributed by atoms with Crippen LogP contribution in [0.5, 0.6) is 0 Å². The fourth-order valence-electron chi connectivity index (χ4n) is 8.35. The lowest BCUT2D eigenvalue weighted by atomic mass is 10.0. The van der Waals surface area contributed by atoms with Crippen LogP contribution >= 0.6 is 0 Å². The number of hydrogen-bond donors (Lipinski definition) is 0. The summed E-state index contributed by atoms with van der Waals surface area (Å²) in [6.07, 6.45) is 0. The van der Waals surface area contributed by atoms with Gasteiger partial charge in [0, 0.05) is 49.6 Å². The van der Waals surface area contributed by atoms with Crippen molar-refractivity contribution < 1.29 is 0 Å². The number of benzene rings is 8. The van der Waals surface area contributed by atoms with Gasteiger partial charge in [-0.2, -0.15) is 0 Å². The fourth-order valence-corrected chi connectivity index (χ4v) is 8.35. The second-order valence-electron chi connectivity index (χ2n) is 14.5. The van der Waals surface area contributed by atoms with Crippen molar-refractivity contribution in [2.75, 3.05) is 0 Å². The molecule has 0 spiro atoms. The van der Waals surface area contributed by atoms with E-state index >= 15 is 0 Å². The maximum Gasteiger partial charge on any atom is 0.164 e. The molecule has 0 N–H and O–H groups in total. The molecule has 0 saturated carbocycles. The van der Waals surface area contributed by atoms with E-state index in [0.717, 1.165) is 33.4 Å². The zero-order valence-electron chi connectivity index (χ0n) is 31.2. The minimum absolute atomic E-state index is 0.639. The average Bonchev–Trinajstić information content (AvgIpc) is 3.79. The second-order valence-corrected chi connectivity index (χ2v) is 14.5. The fraction of sp³-hybridized carbons (Fsp3) is 0.0192. The van der Waals surface area contributed by atoms with Gasteiger partial charge < -0.3 is 9.13 Å². The molecule has 0 atom stereocenters. The van der Waals surface area contributed by atoms with E-state index in [1.807, 2.05) is 60.7 Å². The molecule has 0 bridgehead atoms. The molecule has 0 unspecified atom stereocenters. The van der Waals surface area contributed by atoms with Crippen molar-refractivity contribution in [3.05, 3.63) is 200 Å². The second kappa shape index (κ2) is 13.3. The Bertz CT molecular complexity index is 3230. The molecule has 57 heavy (non-hydrogen) atoms. The number of fused-ring (bicyclic) bond motifs is 6. The van der Waals surface area contributed by atoms with Gasteiger partial charge in [0.25, 0.3) is 0 Å². The van der Waals surface area contributed by atoms with Crippen molar-refractivity contribution in [1.82, 2.24) is 24.1 Å². The monoisotopic (exact) mass is 729 g/mol. The number of aryl methyl sites for hydroxylation is 1. The Morgan fingerprint density at radius 1 is 0.316 bits per heavy atom. The summed E-state index contributed by atoms with van der Waals surface area (Å²) in [5.74, 6) is 1.94. The van der Waals surface area contributed by atoms with Crippen LogP contribution in [0.15, 0.2) is 194 Å². The Labute approximate surface area is 329 Å². The van der Waals surface area contributed by atoms with Gasteiger partial charge >= 0.3 is 0 Å². The largest absolute Gasteiger partial charge is 0.309 e. The summed E-state index contributed by atoms with van der Waals surface area (Å²) in [5, 5.41) is 4.93. The molecule has 5 nitrogen and oxygen atoms in total. The zero-order valence-corrected chi connectivity index (χ0v) is 31.2. The number of hydrogen-bond acceptors (Lipinski definition) is 3. The highest BCUT2D eigenvalue weighted by molar-refractivity contribution is 6.12. The molecule has 0 fully saturated rings. The number of para-hydroxylation sites is 3. The molecule has 0 aliphatic carbocycles. The van der Waals surface area contributed by atoms with Crippen LogP contribution in [-0.2, 0) is 0 Å². The molecule has 0 saturated heterocycles. The van der Waals surface area contributed by atoms with Crippen LogP contribution in [0.4, 0.5) is 0 Å². The van der Waals surface area contributed by atoms with Crippen LogP contribution in [0.1, 0.15) is 5.56 Å². The van der Waals surface area contributed by atoms with Gasteiger partial charge in [-0.3, -0.25) is 0 Å². The molecule has 268 valence electrons. The summed E-state index contributed by atoms with van der Waals surface area (Å²) in [4.78, 5) is 14.8. The lowest BCUT2D eigenvalue weighted by Crippen LogP contribution is -2.00. The molecule has 5 heteroatoms. The standard InChI is InChI=1S/C52H35N5/c1-34-14-8-11-21-45(34)57-47-23-13-10-20-42(47)44-33-39(27-31-49(44)57)38-26-30-48-43(32-38)41-19-9-12-22-46(41)56(48)40-28-24-37(25-29-40)52-54-50(35-15-4-2-5-16-35)53-51(55-52)36-17-6-3-7-18-36/h2-33H,1H3. The molecule has 11 rings (SSSR count). The Morgan fingerprint density at radius 3 is 1.26 bits per heavy atom. The summed E-state index contributed by atoms with van der Waals surface area (Å²) in [7, 11) is 0. The van der Waals surface area contributed by atoms with E-state index in [2.05, 4.69) is 150 Å². The SMILES string of the molecule is Cc1ccccc1-n1c2ccccc2c2cc(-c3ccc4c(c3)c3ccccc3n4-c3ccc(-c4nc(-c5ccccc5)nc(-c5ccccc5)n4)cc3)ccc21. The zero-order chi connectivity index (χ0) is 37.9. The quantitative estimate of drug-likeness (QED) is 0.171. The number of rotatable bonds is 6. The molecular formula is C52H35N5. The van der Waals surface area contributed by atoms with E-state index in [-0.39, 0.29) is 0 Å². The molecule has 3 aromatic heterocycles. The van der Waals surface area contributed by atoms with Gasteiger partial charge in [-0.05, 0) is 90.3 Å². The van der Waals surface area contributed by atoms with Crippen molar-refractivity contribution >= 4 is 43.6 Å². The Hall–Kier alpha value is -7.63.